The van der Waals surface area contributed by atoms with E-state index >= 15 is 0 Å². The highest BCUT2D eigenvalue weighted by atomic mass is 19.2. The van der Waals surface area contributed by atoms with Crippen LogP contribution in [0.15, 0.2) is 60.7 Å². The summed E-state index contributed by atoms with van der Waals surface area (Å²) in [6, 6.07) is 12.6. The summed E-state index contributed by atoms with van der Waals surface area (Å²) in [6.07, 6.45) is -0.0993. The molecule has 0 spiro atoms. The molecule has 4 aliphatic rings. The van der Waals surface area contributed by atoms with Gasteiger partial charge in [-0.25, -0.2) is 35.9 Å². The average molecular weight is 1170 g/mol. The van der Waals surface area contributed by atoms with Crippen LogP contribution in [0.2, 0.25) is 0 Å². The molecule has 10 rings (SSSR count). The first-order valence-corrected chi connectivity index (χ1v) is 24.0. The number of rotatable bonds is 9. The molecule has 2 saturated heterocycles. The minimum atomic E-state index is -2.43. The van der Waals surface area contributed by atoms with Crippen molar-refractivity contribution >= 4 is 80.7 Å². The Morgan fingerprint density at radius 2 is 0.880 bits per heavy atom. The zero-order valence-corrected chi connectivity index (χ0v) is 42.5. The highest BCUT2D eigenvalue weighted by molar-refractivity contribution is 6.28. The van der Waals surface area contributed by atoms with Gasteiger partial charge < -0.3 is 24.1 Å². The molecule has 8 amide bonds. The minimum absolute atomic E-state index is 0.0313. The van der Waals surface area contributed by atoms with Gasteiger partial charge in [-0.05, 0) is 80.8 Å². The Kier molecular flexibility index (Phi) is 16.3. The molecule has 0 radical (unpaired) electrons. The predicted octanol–water partition coefficient (Wildman–Crippen LogP) is 6.97. The number of carbonyl (C=O) groups excluding carboxylic acids is 10. The number of phenols is 1. The maximum absolute atomic E-state index is 13.8. The Morgan fingerprint density at radius 3 is 1.27 bits per heavy atom. The van der Waals surface area contributed by atoms with Gasteiger partial charge in [-0.15, -0.1) is 0 Å². The summed E-state index contributed by atoms with van der Waals surface area (Å²) < 4.78 is 149. The average Bonchev–Trinajstić information content (AvgIpc) is 1.47. The number of piperidine rings is 2. The van der Waals surface area contributed by atoms with E-state index in [1.807, 2.05) is 0 Å². The van der Waals surface area contributed by atoms with E-state index in [1.165, 1.54) is 30.3 Å². The lowest BCUT2D eigenvalue weighted by Gasteiger charge is -2.34. The quantitative estimate of drug-likeness (QED) is 0.0330. The van der Waals surface area contributed by atoms with Gasteiger partial charge in [0.25, 0.3) is 23.6 Å². The molecule has 0 bridgehead atoms. The fraction of sp³-hybridized carbons (Fsp3) is 0.222. The molecule has 2 fully saturated rings. The molecule has 0 aromatic heterocycles. The van der Waals surface area contributed by atoms with Gasteiger partial charge in [-0.3, -0.25) is 58.8 Å². The Balaban J connectivity index is 0.000000183. The first-order valence-electron chi connectivity index (χ1n) is 24.0. The summed E-state index contributed by atoms with van der Waals surface area (Å²) in [5.74, 6) is -33.9. The number of nitrogens with zero attached hydrogens (tertiary/aromatic N) is 2. The van der Waals surface area contributed by atoms with Gasteiger partial charge in [0.2, 0.25) is 87.6 Å². The third-order valence-electron chi connectivity index (χ3n) is 12.4. The first kappa shape index (κ1) is 59.2. The lowest BCUT2D eigenvalue weighted by Crippen LogP contribution is -2.57. The summed E-state index contributed by atoms with van der Waals surface area (Å²) in [5, 5.41) is 14.1. The van der Waals surface area contributed by atoms with Crippen molar-refractivity contribution < 1.29 is 116 Å². The maximum Gasteiger partial charge on any atom is 0.349 e. The molecule has 83 heavy (non-hydrogen) atoms. The Morgan fingerprint density at radius 1 is 0.518 bits per heavy atom. The lowest BCUT2D eigenvalue weighted by atomic mass is 9.91. The van der Waals surface area contributed by atoms with Gasteiger partial charge in [-0.2, -0.15) is 17.6 Å². The predicted molar refractivity (Wildman–Crippen MR) is 258 cm³/mol. The molecule has 6 aromatic rings. The molecular weight excluding hydrogens is 1130 g/mol. The SMILES string of the molecule is CC(C)(C)OC(=O)COc1cc2c3c(cccc3c1)C(=O)N(C1CCC(=O)NC1=O)C2=O.O=C1CCC(N2C(=O)c3cccc4cc(OCC(=O)Oc5c(F)c(F)c(F)c(F)c5F)cc(c34)C2=O)C(=O)N1.Oc1c(F)c(F)c(F)c(F)c1F. The second-order valence-electron chi connectivity index (χ2n) is 19.1. The molecule has 3 N–H and O–H groups in total. The summed E-state index contributed by atoms with van der Waals surface area (Å²) in [4.78, 5) is 126. The van der Waals surface area contributed by atoms with Crippen molar-refractivity contribution in [1.29, 1.82) is 0 Å². The lowest BCUT2D eigenvalue weighted by molar-refractivity contribution is -0.157. The van der Waals surface area contributed by atoms with Gasteiger partial charge in [-0.1, -0.05) is 24.3 Å². The number of esters is 2. The number of aromatic hydroxyl groups is 1. The van der Waals surface area contributed by atoms with Crippen molar-refractivity contribution in [3.8, 4) is 23.0 Å². The largest absolute Gasteiger partial charge is 0.503 e. The summed E-state index contributed by atoms with van der Waals surface area (Å²) in [6.45, 7) is 3.80. The summed E-state index contributed by atoms with van der Waals surface area (Å²) in [5.41, 5.74) is -0.203. The van der Waals surface area contributed by atoms with Crippen LogP contribution in [0.25, 0.3) is 21.5 Å². The van der Waals surface area contributed by atoms with Crippen LogP contribution in [0.5, 0.6) is 23.0 Å². The number of phenolic OH excluding ortho intramolecular Hbond substituents is 1. The number of amides is 8. The van der Waals surface area contributed by atoms with E-state index in [2.05, 4.69) is 15.4 Å². The number of hydrogen-bond acceptors (Lipinski definition) is 15. The fourth-order valence-corrected chi connectivity index (χ4v) is 8.85. The van der Waals surface area contributed by atoms with Crippen LogP contribution in [-0.4, -0.2) is 105 Å². The van der Waals surface area contributed by atoms with Gasteiger partial charge in [0.05, 0.1) is 11.1 Å². The van der Waals surface area contributed by atoms with E-state index in [0.29, 0.717) is 16.2 Å². The van der Waals surface area contributed by atoms with Gasteiger partial charge in [0.15, 0.2) is 19.0 Å². The first-order chi connectivity index (χ1) is 39.0. The zero-order valence-electron chi connectivity index (χ0n) is 42.5. The number of hydrogen-bond donors (Lipinski definition) is 3. The molecule has 4 heterocycles. The van der Waals surface area contributed by atoms with E-state index < -0.39 is 153 Å². The molecule has 6 aromatic carbocycles. The van der Waals surface area contributed by atoms with E-state index in [1.54, 1.807) is 45.0 Å². The molecule has 19 nitrogen and oxygen atoms in total. The van der Waals surface area contributed by atoms with Gasteiger partial charge >= 0.3 is 11.9 Å². The van der Waals surface area contributed by atoms with Crippen molar-refractivity contribution in [3.63, 3.8) is 0 Å². The third kappa shape index (κ3) is 11.5. The third-order valence-corrected chi connectivity index (χ3v) is 12.4. The van der Waals surface area contributed by atoms with Gasteiger partial charge in [0.1, 0.15) is 29.2 Å². The molecular formula is C54H36F10N4O15. The number of imide groups is 4. The maximum atomic E-state index is 13.8. The van der Waals surface area contributed by atoms with E-state index in [-0.39, 0.29) is 71.4 Å². The number of benzene rings is 6. The van der Waals surface area contributed by atoms with E-state index in [4.69, 9.17) is 19.3 Å². The van der Waals surface area contributed by atoms with Crippen molar-refractivity contribution in [2.45, 2.75) is 64.1 Å². The number of carbonyl (C=O) groups is 10. The molecule has 0 aliphatic carbocycles. The number of ether oxygens (including phenoxy) is 4. The van der Waals surface area contributed by atoms with Crippen LogP contribution in [0.3, 0.4) is 0 Å². The standard InChI is InChI=1S/C25H13F5N2O7.C23H22N2O7.C6HF5O/c26-17-18(27)20(29)22(21(30)19(17)28)39-15(34)8-38-10-6-9-2-1-3-11-16(9)12(7-10)25(37)32(24(11)36)13-4-5-14(33)31-23(13)35;1-23(2,3)32-18(27)11-31-13-9-12-5-4-6-14-19(12)15(10-13)22(30)25(21(14)29)16-7-8-17(26)24-20(16)28;7-1-2(8)4(10)6(12)5(11)3(1)9/h1-3,6-7,13H,4-5,8H2,(H,31,33,35);4-6,9-10,16H,7-8,11H2,1-3H3,(H,24,26,28);12H. The van der Waals surface area contributed by atoms with Crippen molar-refractivity contribution in [2.75, 3.05) is 13.2 Å². The van der Waals surface area contributed by atoms with Crippen LogP contribution < -0.4 is 24.8 Å². The topological polar surface area (TPSA) is 258 Å². The monoisotopic (exact) mass is 1170 g/mol. The van der Waals surface area contributed by atoms with Crippen molar-refractivity contribution in [3.05, 3.63) is 141 Å². The molecule has 432 valence electrons. The fourth-order valence-electron chi connectivity index (χ4n) is 8.85. The molecule has 4 aliphatic heterocycles. The highest BCUT2D eigenvalue weighted by Gasteiger charge is 2.45. The second-order valence-corrected chi connectivity index (χ2v) is 19.1. The van der Waals surface area contributed by atoms with Crippen molar-refractivity contribution in [1.82, 2.24) is 20.4 Å². The molecule has 2 atom stereocenters. The Hall–Kier alpha value is -9.96. The van der Waals surface area contributed by atoms with Gasteiger partial charge in [0, 0.05) is 34.7 Å². The number of nitrogens with one attached hydrogen (secondary N) is 2. The Bertz CT molecular complexity index is 3740. The number of halogens is 10. The van der Waals surface area contributed by atoms with Crippen LogP contribution >= 0.6 is 0 Å². The summed E-state index contributed by atoms with van der Waals surface area (Å²) >= 11 is 0. The van der Waals surface area contributed by atoms with Crippen molar-refractivity contribution in [2.24, 2.45) is 0 Å². The van der Waals surface area contributed by atoms with Crippen LogP contribution in [0, 0.1) is 58.2 Å². The molecule has 29 heteroatoms. The zero-order chi connectivity index (χ0) is 60.8. The summed E-state index contributed by atoms with van der Waals surface area (Å²) in [7, 11) is 0. The van der Waals surface area contributed by atoms with E-state index in [9.17, 15) is 91.8 Å². The van der Waals surface area contributed by atoms with E-state index in [0.717, 1.165) is 15.9 Å². The Labute approximate surface area is 457 Å². The van der Waals surface area contributed by atoms with Crippen LogP contribution in [0.4, 0.5) is 43.9 Å². The second kappa shape index (κ2) is 22.9. The minimum Gasteiger partial charge on any atom is -0.503 e. The van der Waals surface area contributed by atoms with Crippen LogP contribution in [0.1, 0.15) is 87.9 Å². The smallest absolute Gasteiger partial charge is 0.349 e. The highest BCUT2D eigenvalue weighted by Crippen LogP contribution is 2.38. The normalized spacial score (nSPS) is 16.6. The molecule has 2 unspecified atom stereocenters. The molecule has 0 saturated carbocycles. The van der Waals surface area contributed by atoms with Crippen LogP contribution in [-0.2, 0) is 33.5 Å².